The van der Waals surface area contributed by atoms with Gasteiger partial charge in [-0.3, -0.25) is 9.97 Å². The minimum atomic E-state index is -0.279. The lowest BCUT2D eigenvalue weighted by Crippen LogP contribution is -2.21. The second-order valence-corrected chi connectivity index (χ2v) is 5.26. The van der Waals surface area contributed by atoms with Gasteiger partial charge in [0, 0.05) is 29.5 Å². The van der Waals surface area contributed by atoms with Crippen molar-refractivity contribution in [2.75, 3.05) is 0 Å². The molecule has 0 aliphatic carbocycles. The third-order valence-corrected chi connectivity index (χ3v) is 4.00. The van der Waals surface area contributed by atoms with Crippen LogP contribution in [0, 0.1) is 11.3 Å². The Bertz CT molecular complexity index is 973. The van der Waals surface area contributed by atoms with Crippen LogP contribution in [-0.2, 0) is 0 Å². The molecule has 1 atom stereocenters. The van der Waals surface area contributed by atoms with Gasteiger partial charge in [-0.05, 0) is 23.8 Å². The molecule has 0 bridgehead atoms. The molecule has 1 aromatic carbocycles. The Morgan fingerprint density at radius 1 is 1.09 bits per heavy atom. The van der Waals surface area contributed by atoms with E-state index in [0.717, 1.165) is 22.0 Å². The number of hydrogen-bond donors (Lipinski definition) is 1. The van der Waals surface area contributed by atoms with Crippen molar-refractivity contribution < 1.29 is 4.74 Å². The van der Waals surface area contributed by atoms with Gasteiger partial charge in [-0.2, -0.15) is 5.26 Å². The van der Waals surface area contributed by atoms with Gasteiger partial charge >= 0.3 is 0 Å². The number of ether oxygens (including phenoxy) is 1. The zero-order valence-electron chi connectivity index (χ0n) is 12.1. The van der Waals surface area contributed by atoms with Crippen LogP contribution in [0.25, 0.3) is 10.9 Å². The number of fused-ring (bicyclic) bond motifs is 3. The number of nitrogens with zero attached hydrogens (tertiary/aromatic N) is 3. The van der Waals surface area contributed by atoms with E-state index in [1.165, 1.54) is 0 Å². The van der Waals surface area contributed by atoms with Crippen molar-refractivity contribution >= 4 is 10.9 Å². The van der Waals surface area contributed by atoms with Gasteiger partial charge in [0.2, 0.25) is 5.88 Å². The number of nitrogens with two attached hydrogens (primary N) is 1. The van der Waals surface area contributed by atoms with E-state index in [0.29, 0.717) is 11.3 Å². The third kappa shape index (κ3) is 2.00. The fourth-order valence-corrected chi connectivity index (χ4v) is 2.95. The highest BCUT2D eigenvalue weighted by Crippen LogP contribution is 2.44. The van der Waals surface area contributed by atoms with Crippen LogP contribution < -0.4 is 10.5 Å². The van der Waals surface area contributed by atoms with Crippen molar-refractivity contribution in [3.63, 3.8) is 0 Å². The van der Waals surface area contributed by atoms with Gasteiger partial charge in [0.05, 0.1) is 5.92 Å². The van der Waals surface area contributed by atoms with Gasteiger partial charge in [0.1, 0.15) is 17.2 Å². The van der Waals surface area contributed by atoms with Gasteiger partial charge in [-0.1, -0.05) is 18.2 Å². The number of nitriles is 1. The van der Waals surface area contributed by atoms with E-state index in [2.05, 4.69) is 16.0 Å². The molecule has 1 aliphatic heterocycles. The molecule has 5 nitrogen and oxygen atoms in total. The molecular formula is C18H12N4O. The average molecular weight is 300 g/mol. The summed E-state index contributed by atoms with van der Waals surface area (Å²) in [6, 6.07) is 13.7. The lowest BCUT2D eigenvalue weighted by molar-refractivity contribution is 0.397. The molecule has 0 spiro atoms. The summed E-state index contributed by atoms with van der Waals surface area (Å²) in [4.78, 5) is 8.45. The molecule has 110 valence electrons. The van der Waals surface area contributed by atoms with E-state index in [9.17, 15) is 5.26 Å². The van der Waals surface area contributed by atoms with Crippen LogP contribution in [0.5, 0.6) is 5.75 Å². The molecule has 0 saturated heterocycles. The first kappa shape index (κ1) is 13.3. The van der Waals surface area contributed by atoms with Gasteiger partial charge in [-0.25, -0.2) is 0 Å². The van der Waals surface area contributed by atoms with Crippen molar-refractivity contribution in [1.29, 1.82) is 5.26 Å². The minimum absolute atomic E-state index is 0.125. The number of allylic oxidation sites excluding steroid dienone is 1. The first-order valence-corrected chi connectivity index (χ1v) is 7.14. The molecule has 2 N–H and O–H groups in total. The normalized spacial score (nSPS) is 16.6. The van der Waals surface area contributed by atoms with Crippen molar-refractivity contribution in [3.8, 4) is 11.8 Å². The van der Waals surface area contributed by atoms with E-state index < -0.39 is 0 Å². The average Bonchev–Trinajstić information content (AvgIpc) is 2.61. The molecule has 0 unspecified atom stereocenters. The van der Waals surface area contributed by atoms with Crippen molar-refractivity contribution in [2.45, 2.75) is 5.92 Å². The predicted molar refractivity (Wildman–Crippen MR) is 85.3 cm³/mol. The summed E-state index contributed by atoms with van der Waals surface area (Å²) < 4.78 is 5.76. The van der Waals surface area contributed by atoms with Crippen LogP contribution in [0.3, 0.4) is 0 Å². The van der Waals surface area contributed by atoms with E-state index in [1.54, 1.807) is 18.6 Å². The second-order valence-electron chi connectivity index (χ2n) is 5.26. The smallest absolute Gasteiger partial charge is 0.205 e. The number of hydrogen-bond acceptors (Lipinski definition) is 5. The summed E-state index contributed by atoms with van der Waals surface area (Å²) in [5.74, 6) is 0.458. The van der Waals surface area contributed by atoms with Crippen LogP contribution >= 0.6 is 0 Å². The minimum Gasteiger partial charge on any atom is -0.438 e. The van der Waals surface area contributed by atoms with E-state index in [1.807, 2.05) is 36.4 Å². The summed E-state index contributed by atoms with van der Waals surface area (Å²) in [5, 5.41) is 10.5. The molecule has 4 rings (SSSR count). The summed E-state index contributed by atoms with van der Waals surface area (Å²) >= 11 is 0. The van der Waals surface area contributed by atoms with Crippen LogP contribution in [0.4, 0.5) is 0 Å². The summed E-state index contributed by atoms with van der Waals surface area (Å²) in [5.41, 5.74) is 8.98. The maximum atomic E-state index is 9.53. The highest BCUT2D eigenvalue weighted by Gasteiger charge is 2.31. The summed E-state index contributed by atoms with van der Waals surface area (Å²) in [7, 11) is 0. The molecule has 0 amide bonds. The van der Waals surface area contributed by atoms with E-state index >= 15 is 0 Å². The quantitative estimate of drug-likeness (QED) is 0.747. The van der Waals surface area contributed by atoms with E-state index in [-0.39, 0.29) is 11.8 Å². The molecule has 0 saturated carbocycles. The largest absolute Gasteiger partial charge is 0.438 e. The molecule has 23 heavy (non-hydrogen) atoms. The highest BCUT2D eigenvalue weighted by molar-refractivity contribution is 5.87. The Kier molecular flexibility index (Phi) is 2.95. The first-order chi connectivity index (χ1) is 11.3. The van der Waals surface area contributed by atoms with Crippen LogP contribution in [-0.4, -0.2) is 9.97 Å². The summed E-state index contributed by atoms with van der Waals surface area (Å²) in [6.07, 6.45) is 5.12. The first-order valence-electron chi connectivity index (χ1n) is 7.14. The molecule has 0 fully saturated rings. The van der Waals surface area contributed by atoms with Crippen LogP contribution in [0.2, 0.25) is 0 Å². The molecule has 1 aliphatic rings. The van der Waals surface area contributed by atoms with Crippen LogP contribution in [0.15, 0.2) is 66.4 Å². The fraction of sp³-hybridized carbons (Fsp3) is 0.0556. The van der Waals surface area contributed by atoms with Crippen molar-refractivity contribution in [3.05, 3.63) is 77.6 Å². The highest BCUT2D eigenvalue weighted by atomic mass is 16.5. The molecule has 3 aromatic rings. The fourth-order valence-electron chi connectivity index (χ4n) is 2.95. The standard InChI is InChI=1S/C18H12N4O/c19-10-14-15(11-5-8-21-9-6-11)13-4-3-12-2-1-7-22-16(12)17(13)23-18(14)20/h1-9,15H,20H2/t15-/m0/s1. The Labute approximate surface area is 132 Å². The topological polar surface area (TPSA) is 84.8 Å². The zero-order chi connectivity index (χ0) is 15.8. The van der Waals surface area contributed by atoms with Gasteiger partial charge < -0.3 is 10.5 Å². The van der Waals surface area contributed by atoms with Crippen molar-refractivity contribution in [1.82, 2.24) is 9.97 Å². The molecule has 2 aromatic heterocycles. The maximum absolute atomic E-state index is 9.53. The molecular weight excluding hydrogens is 288 g/mol. The second kappa shape index (κ2) is 5.11. The van der Waals surface area contributed by atoms with Gasteiger partial charge in [0.25, 0.3) is 0 Å². The Morgan fingerprint density at radius 3 is 2.70 bits per heavy atom. The zero-order valence-corrected chi connectivity index (χ0v) is 12.1. The monoisotopic (exact) mass is 300 g/mol. The SMILES string of the molecule is N#CC1=C(N)Oc2c(ccc3cccnc23)[C@@H]1c1ccncc1. The third-order valence-electron chi connectivity index (χ3n) is 4.00. The lowest BCUT2D eigenvalue weighted by atomic mass is 9.83. The lowest BCUT2D eigenvalue weighted by Gasteiger charge is -2.26. The van der Waals surface area contributed by atoms with Crippen molar-refractivity contribution in [2.24, 2.45) is 5.73 Å². The Hall–Kier alpha value is -3.39. The Balaban J connectivity index is 2.03. The Morgan fingerprint density at radius 2 is 1.91 bits per heavy atom. The van der Waals surface area contributed by atoms with Gasteiger partial charge in [-0.15, -0.1) is 0 Å². The molecule has 3 heterocycles. The summed E-state index contributed by atoms with van der Waals surface area (Å²) in [6.45, 7) is 0. The predicted octanol–water partition coefficient (Wildman–Crippen LogP) is 2.85. The van der Waals surface area contributed by atoms with Crippen LogP contribution in [0.1, 0.15) is 17.0 Å². The van der Waals surface area contributed by atoms with E-state index in [4.69, 9.17) is 10.5 Å². The number of rotatable bonds is 1. The number of pyridine rings is 2. The maximum Gasteiger partial charge on any atom is 0.205 e. The van der Waals surface area contributed by atoms with Gasteiger partial charge in [0.15, 0.2) is 5.75 Å². The molecule has 0 radical (unpaired) electrons. The molecule has 5 heteroatoms. The number of benzene rings is 1. The number of aromatic nitrogens is 2.